The molecule has 0 aliphatic heterocycles. The van der Waals surface area contributed by atoms with E-state index in [-0.39, 0.29) is 0 Å². The molecule has 0 saturated heterocycles. The molecular weight excluding hydrogens is 506 g/mol. The van der Waals surface area contributed by atoms with Crippen LogP contribution in [0.5, 0.6) is 11.5 Å². The molecule has 2 unspecified atom stereocenters. The minimum atomic E-state index is -3.50. The van der Waals surface area contributed by atoms with Gasteiger partial charge in [0, 0.05) is 24.5 Å². The van der Waals surface area contributed by atoms with Crippen LogP contribution in [0.4, 0.5) is 11.4 Å². The molecule has 0 fully saturated rings. The van der Waals surface area contributed by atoms with Gasteiger partial charge in [0.2, 0.25) is 0 Å². The molecule has 37 heavy (non-hydrogen) atoms. The van der Waals surface area contributed by atoms with Gasteiger partial charge >= 0.3 is 15.3 Å². The molecule has 0 spiro atoms. The normalized spacial score (nSPS) is 14.1. The molecule has 0 bridgehead atoms. The lowest BCUT2D eigenvalue weighted by Gasteiger charge is -2.23. The summed E-state index contributed by atoms with van der Waals surface area (Å²) in [5, 5.41) is 12.0. The third-order valence-corrected chi connectivity index (χ3v) is 8.37. The van der Waals surface area contributed by atoms with E-state index in [9.17, 15) is 9.13 Å². The lowest BCUT2D eigenvalue weighted by Crippen LogP contribution is -2.26. The first-order valence-corrected chi connectivity index (χ1v) is 15.1. The predicted molar refractivity (Wildman–Crippen MR) is 150 cm³/mol. The molecule has 0 heterocycles. The highest BCUT2D eigenvalue weighted by Gasteiger charge is 2.26. The molecule has 0 aliphatic rings. The Kier molecular flexibility index (Phi) is 9.41. The highest BCUT2D eigenvalue weighted by Crippen LogP contribution is 2.44. The second-order valence-electron chi connectivity index (χ2n) is 8.04. The summed E-state index contributed by atoms with van der Waals surface area (Å²) in [6.45, 7) is 0.654. The average Bonchev–Trinajstić information content (AvgIpc) is 2.90. The van der Waals surface area contributed by atoms with Crippen molar-refractivity contribution in [1.82, 2.24) is 10.2 Å². The number of anilines is 2. The van der Waals surface area contributed by atoms with Crippen molar-refractivity contribution >= 4 is 26.7 Å². The summed E-state index contributed by atoms with van der Waals surface area (Å²) >= 11 is 0. The van der Waals surface area contributed by atoms with E-state index in [2.05, 4.69) is 20.3 Å². The van der Waals surface area contributed by atoms with Crippen LogP contribution in [-0.2, 0) is 9.13 Å². The molecule has 2 atom stereocenters. The number of rotatable bonds is 14. The van der Waals surface area contributed by atoms with E-state index in [4.69, 9.17) is 9.05 Å². The van der Waals surface area contributed by atoms with Crippen LogP contribution < -0.4 is 29.4 Å². The Balaban J connectivity index is 1.37. The van der Waals surface area contributed by atoms with Crippen molar-refractivity contribution in [2.45, 2.75) is 6.42 Å². The van der Waals surface area contributed by atoms with Crippen molar-refractivity contribution in [3.63, 3.8) is 0 Å². The summed E-state index contributed by atoms with van der Waals surface area (Å²) in [5.74, 6) is 0.959. The Bertz CT molecular complexity index is 1120. The van der Waals surface area contributed by atoms with Gasteiger partial charge in [0.15, 0.2) is 0 Å². The second kappa shape index (κ2) is 13.1. The molecule has 0 aromatic heterocycles. The van der Waals surface area contributed by atoms with Gasteiger partial charge in [-0.3, -0.25) is 10.2 Å². The molecule has 192 valence electrons. The van der Waals surface area contributed by atoms with Crippen LogP contribution in [0, 0.1) is 0 Å². The van der Waals surface area contributed by atoms with E-state index >= 15 is 0 Å². The van der Waals surface area contributed by atoms with Gasteiger partial charge in [-0.1, -0.05) is 72.8 Å². The van der Waals surface area contributed by atoms with Crippen molar-refractivity contribution in [2.24, 2.45) is 0 Å². The fraction of sp³-hybridized carbons (Fsp3) is 0.111. The van der Waals surface area contributed by atoms with E-state index in [1.807, 2.05) is 97.1 Å². The van der Waals surface area contributed by atoms with Gasteiger partial charge in [0.05, 0.1) is 0 Å². The Hall–Kier alpha value is -3.54. The molecule has 0 amide bonds. The van der Waals surface area contributed by atoms with Gasteiger partial charge in [-0.25, -0.2) is 19.3 Å². The van der Waals surface area contributed by atoms with E-state index in [1.165, 1.54) is 0 Å². The number of benzene rings is 4. The molecule has 4 N–H and O–H groups in total. The summed E-state index contributed by atoms with van der Waals surface area (Å²) in [4.78, 5) is 0. The zero-order valence-electron chi connectivity index (χ0n) is 20.2. The molecule has 0 aliphatic carbocycles. The highest BCUT2D eigenvalue weighted by atomic mass is 31.2. The second-order valence-corrected chi connectivity index (χ2v) is 11.7. The smallest absolute Gasteiger partial charge is 0.417 e. The fourth-order valence-electron chi connectivity index (χ4n) is 3.36. The van der Waals surface area contributed by atoms with Gasteiger partial charge in [-0.15, -0.1) is 0 Å². The quantitative estimate of drug-likeness (QED) is 0.0996. The molecule has 4 aromatic carbocycles. The molecule has 8 nitrogen and oxygen atoms in total. The van der Waals surface area contributed by atoms with Crippen LogP contribution in [0.25, 0.3) is 0 Å². The van der Waals surface area contributed by atoms with Gasteiger partial charge in [0.1, 0.15) is 11.5 Å². The SMILES string of the molecule is O=P(NCCCNP(=O)(Nc1ccccc1)Oc1ccccc1)(Nc1ccccc1)Oc1ccccc1. The maximum Gasteiger partial charge on any atom is 0.417 e. The Morgan fingerprint density at radius 3 is 1.16 bits per heavy atom. The number of hydrogen-bond acceptors (Lipinski definition) is 4. The monoisotopic (exact) mass is 536 g/mol. The Morgan fingerprint density at radius 2 is 0.811 bits per heavy atom. The summed E-state index contributed by atoms with van der Waals surface area (Å²) in [5.41, 5.74) is 1.33. The predicted octanol–water partition coefficient (Wildman–Crippen LogP) is 7.15. The minimum absolute atomic E-state index is 0.327. The molecular formula is C27H30N4O4P2. The van der Waals surface area contributed by atoms with Crippen LogP contribution >= 0.6 is 15.3 Å². The van der Waals surface area contributed by atoms with Crippen LogP contribution in [0.1, 0.15) is 6.42 Å². The lowest BCUT2D eigenvalue weighted by molar-refractivity contribution is 0.467. The molecule has 4 rings (SSSR count). The maximum absolute atomic E-state index is 13.6. The topological polar surface area (TPSA) is 101 Å². The van der Waals surface area contributed by atoms with Gasteiger partial charge < -0.3 is 9.05 Å². The van der Waals surface area contributed by atoms with Gasteiger partial charge in [-0.05, 0) is 55.0 Å². The maximum atomic E-state index is 13.6. The summed E-state index contributed by atoms with van der Waals surface area (Å²) < 4.78 is 38.9. The minimum Gasteiger partial charge on any atom is -0.418 e. The van der Waals surface area contributed by atoms with Gasteiger partial charge in [-0.2, -0.15) is 0 Å². The fourth-order valence-corrected chi connectivity index (χ4v) is 6.45. The first-order valence-electron chi connectivity index (χ1n) is 11.9. The lowest BCUT2D eigenvalue weighted by atomic mass is 10.3. The van der Waals surface area contributed by atoms with E-state index in [0.717, 1.165) is 0 Å². The number of para-hydroxylation sites is 4. The van der Waals surface area contributed by atoms with Crippen molar-refractivity contribution in [2.75, 3.05) is 23.3 Å². The molecule has 4 aromatic rings. The average molecular weight is 537 g/mol. The highest BCUT2D eigenvalue weighted by molar-refractivity contribution is 7.59. The van der Waals surface area contributed by atoms with E-state index in [0.29, 0.717) is 42.4 Å². The van der Waals surface area contributed by atoms with Crippen LogP contribution in [0.2, 0.25) is 0 Å². The van der Waals surface area contributed by atoms with Crippen LogP contribution in [-0.4, -0.2) is 13.1 Å². The zero-order valence-corrected chi connectivity index (χ0v) is 22.0. The van der Waals surface area contributed by atoms with Crippen molar-refractivity contribution in [3.05, 3.63) is 121 Å². The van der Waals surface area contributed by atoms with E-state index in [1.54, 1.807) is 24.3 Å². The summed E-state index contributed by atoms with van der Waals surface area (Å²) in [6.07, 6.45) is 0.497. The van der Waals surface area contributed by atoms with E-state index < -0.39 is 15.3 Å². The van der Waals surface area contributed by atoms with Gasteiger partial charge in [0.25, 0.3) is 0 Å². The first kappa shape index (κ1) is 26.5. The van der Waals surface area contributed by atoms with Crippen molar-refractivity contribution in [1.29, 1.82) is 0 Å². The number of hydrogen-bond donors (Lipinski definition) is 4. The molecule has 10 heteroatoms. The van der Waals surface area contributed by atoms with Crippen molar-refractivity contribution in [3.8, 4) is 11.5 Å². The van der Waals surface area contributed by atoms with Crippen molar-refractivity contribution < 1.29 is 18.2 Å². The molecule has 0 radical (unpaired) electrons. The summed E-state index contributed by atoms with van der Waals surface area (Å²) in [7, 11) is -6.99. The Labute approximate surface area is 217 Å². The zero-order chi connectivity index (χ0) is 25.8. The standard InChI is InChI=1S/C27H30N4O4P2/c32-36(30-24-14-5-1-6-15-24,34-26-18-9-3-10-19-26)28-22-13-23-29-37(33,31-25-16-7-2-8-17-25)35-27-20-11-4-12-21-27/h1-12,14-21H,13,22-23H2,(H2,28,30,32)(H2,29,31,33). The van der Waals surface area contributed by atoms with Crippen LogP contribution in [0.15, 0.2) is 121 Å². The third kappa shape index (κ3) is 8.81. The summed E-state index contributed by atoms with van der Waals surface area (Å²) in [6, 6.07) is 36.4. The third-order valence-electron chi connectivity index (χ3n) is 5.05. The Morgan fingerprint density at radius 1 is 0.486 bits per heavy atom. The molecule has 0 saturated carbocycles. The first-order chi connectivity index (χ1) is 18.0. The number of nitrogens with one attached hydrogen (secondary N) is 4. The largest absolute Gasteiger partial charge is 0.418 e. The van der Waals surface area contributed by atoms with Crippen LogP contribution in [0.3, 0.4) is 0 Å².